The molecule has 3 aliphatic carbocycles. The molecule has 0 saturated heterocycles. The number of nitrogens with zero attached hydrogens (tertiary/aromatic N) is 1. The summed E-state index contributed by atoms with van der Waals surface area (Å²) in [6.45, 7) is 0. The lowest BCUT2D eigenvalue weighted by molar-refractivity contribution is 0.686. The van der Waals surface area contributed by atoms with Crippen molar-refractivity contribution >= 4 is 17.1 Å². The molecule has 0 saturated carbocycles. The van der Waals surface area contributed by atoms with Gasteiger partial charge in [-0.05, 0) is 157 Å². The molecule has 312 valence electrons. The second-order valence-corrected chi connectivity index (χ2v) is 18.2. The third kappa shape index (κ3) is 6.07. The molecule has 1 nitrogen and oxygen atoms in total. The van der Waals surface area contributed by atoms with Crippen LogP contribution in [0.3, 0.4) is 0 Å². The van der Waals surface area contributed by atoms with E-state index in [-0.39, 0.29) is 0 Å². The van der Waals surface area contributed by atoms with Crippen molar-refractivity contribution in [3.8, 4) is 66.8 Å². The highest BCUT2D eigenvalue weighted by Gasteiger charge is 2.52. The summed E-state index contributed by atoms with van der Waals surface area (Å²) >= 11 is 0. The summed E-state index contributed by atoms with van der Waals surface area (Å²) in [6, 6.07) is 88.6. The minimum Gasteiger partial charge on any atom is -0.310 e. The van der Waals surface area contributed by atoms with Gasteiger partial charge in [-0.25, -0.2) is 0 Å². The highest BCUT2D eigenvalue weighted by Crippen LogP contribution is 2.64. The standard InChI is InChI=1S/C65H47N/c1-3-15-44(16-4-1)46-27-29-47(30-28-46)48-37-39-54(40-38-48)66(53-19-5-2-6-20-53)64-43-63-59(42-58(64)50-34-31-49(32-35-50)52-36-33-45-17-7-8-18-51(45)41-52)57-23-11-14-26-62(57)65(63)60-24-12-9-21-55(60)56-22-10-13-25-61(56)65/h1-6,9-16,19-43H,7-8,17-18H2. The minimum atomic E-state index is -0.471. The summed E-state index contributed by atoms with van der Waals surface area (Å²) in [7, 11) is 0. The predicted octanol–water partition coefficient (Wildman–Crippen LogP) is 17.0. The Hall–Kier alpha value is -8.00. The topological polar surface area (TPSA) is 3.24 Å². The second-order valence-electron chi connectivity index (χ2n) is 18.2. The monoisotopic (exact) mass is 841 g/mol. The Labute approximate surface area is 388 Å². The first kappa shape index (κ1) is 38.5. The van der Waals surface area contributed by atoms with E-state index in [1.165, 1.54) is 126 Å². The van der Waals surface area contributed by atoms with E-state index in [0.717, 1.165) is 17.1 Å². The van der Waals surface area contributed by atoms with Crippen LogP contribution in [-0.2, 0) is 18.3 Å². The van der Waals surface area contributed by atoms with Crippen LogP contribution in [0.4, 0.5) is 17.1 Å². The molecule has 66 heavy (non-hydrogen) atoms. The molecule has 0 amide bonds. The molecule has 0 bridgehead atoms. The zero-order valence-electron chi connectivity index (χ0n) is 36.8. The zero-order valence-corrected chi connectivity index (χ0v) is 36.8. The van der Waals surface area contributed by atoms with E-state index in [2.05, 4.69) is 241 Å². The van der Waals surface area contributed by atoms with Crippen molar-refractivity contribution in [2.45, 2.75) is 31.1 Å². The van der Waals surface area contributed by atoms with E-state index in [0.29, 0.717) is 0 Å². The van der Waals surface area contributed by atoms with Crippen molar-refractivity contribution < 1.29 is 0 Å². The van der Waals surface area contributed by atoms with Gasteiger partial charge in [0.1, 0.15) is 0 Å². The number of fused-ring (bicyclic) bond motifs is 11. The summed E-state index contributed by atoms with van der Waals surface area (Å²) < 4.78 is 0. The molecule has 1 spiro atoms. The molecule has 0 aliphatic heterocycles. The van der Waals surface area contributed by atoms with Gasteiger partial charge in [-0.15, -0.1) is 0 Å². The van der Waals surface area contributed by atoms with Crippen molar-refractivity contribution in [2.24, 2.45) is 0 Å². The van der Waals surface area contributed by atoms with E-state index in [1.54, 1.807) is 0 Å². The van der Waals surface area contributed by atoms with E-state index in [4.69, 9.17) is 0 Å². The summed E-state index contributed by atoms with van der Waals surface area (Å²) in [6.07, 6.45) is 4.94. The van der Waals surface area contributed by atoms with E-state index in [1.807, 2.05) is 0 Å². The lowest BCUT2D eigenvalue weighted by Crippen LogP contribution is -2.26. The largest absolute Gasteiger partial charge is 0.310 e. The third-order valence-electron chi connectivity index (χ3n) is 14.7. The highest BCUT2D eigenvalue weighted by molar-refractivity contribution is 6.00. The molecule has 13 rings (SSSR count). The van der Waals surface area contributed by atoms with Crippen molar-refractivity contribution in [3.05, 3.63) is 270 Å². The highest BCUT2D eigenvalue weighted by atomic mass is 15.1. The van der Waals surface area contributed by atoms with Crippen molar-refractivity contribution in [3.63, 3.8) is 0 Å². The summed E-state index contributed by atoms with van der Waals surface area (Å²) in [5, 5.41) is 0. The SMILES string of the molecule is c1ccc(-c2ccc(-c3ccc(N(c4ccccc4)c4cc5c(cc4-c4ccc(-c6ccc7c(c6)CCCC7)cc4)-c4ccccc4C54c5ccccc5-c5ccccc54)cc3)cc2)cc1. The lowest BCUT2D eigenvalue weighted by atomic mass is 9.70. The number of hydrogen-bond donors (Lipinski definition) is 0. The average Bonchev–Trinajstić information content (AvgIpc) is 3.86. The maximum atomic E-state index is 2.55. The van der Waals surface area contributed by atoms with Gasteiger partial charge in [-0.1, -0.05) is 200 Å². The molecule has 0 radical (unpaired) electrons. The summed E-state index contributed by atoms with van der Waals surface area (Å²) in [5.41, 5.74) is 26.3. The quantitative estimate of drug-likeness (QED) is 0.155. The predicted molar refractivity (Wildman–Crippen MR) is 276 cm³/mol. The number of hydrogen-bond acceptors (Lipinski definition) is 1. The van der Waals surface area contributed by atoms with E-state index in [9.17, 15) is 0 Å². The smallest absolute Gasteiger partial charge is 0.0726 e. The Kier molecular flexibility index (Phi) is 9.10. The van der Waals surface area contributed by atoms with E-state index < -0.39 is 5.41 Å². The van der Waals surface area contributed by atoms with Crippen LogP contribution in [0.5, 0.6) is 0 Å². The molecule has 10 aromatic rings. The molecule has 3 aliphatic rings. The van der Waals surface area contributed by atoms with Crippen LogP contribution < -0.4 is 4.90 Å². The molecule has 0 N–H and O–H groups in total. The fourth-order valence-electron chi connectivity index (χ4n) is 11.6. The first-order chi connectivity index (χ1) is 32.7. The van der Waals surface area contributed by atoms with Gasteiger partial charge < -0.3 is 4.90 Å². The van der Waals surface area contributed by atoms with Crippen molar-refractivity contribution in [1.82, 2.24) is 0 Å². The fraction of sp³-hybridized carbons (Fsp3) is 0.0769. The number of anilines is 3. The van der Waals surface area contributed by atoms with Crippen LogP contribution in [-0.4, -0.2) is 0 Å². The maximum Gasteiger partial charge on any atom is 0.0726 e. The van der Waals surface area contributed by atoms with Crippen LogP contribution in [0.1, 0.15) is 46.2 Å². The lowest BCUT2D eigenvalue weighted by Gasteiger charge is -2.33. The Morgan fingerprint density at radius 3 is 1.29 bits per heavy atom. The van der Waals surface area contributed by atoms with Gasteiger partial charge >= 0.3 is 0 Å². The second kappa shape index (κ2) is 15.6. The van der Waals surface area contributed by atoms with Crippen molar-refractivity contribution in [2.75, 3.05) is 4.90 Å². The van der Waals surface area contributed by atoms with Gasteiger partial charge in [0.05, 0.1) is 11.1 Å². The number of benzene rings is 10. The zero-order chi connectivity index (χ0) is 43.6. The minimum absolute atomic E-state index is 0.471. The number of rotatable bonds is 7. The normalized spacial score (nSPS) is 13.6. The summed E-state index contributed by atoms with van der Waals surface area (Å²) in [4.78, 5) is 2.48. The first-order valence-electron chi connectivity index (χ1n) is 23.5. The first-order valence-corrected chi connectivity index (χ1v) is 23.5. The van der Waals surface area contributed by atoms with Gasteiger partial charge in [0.2, 0.25) is 0 Å². The Balaban J connectivity index is 1.01. The van der Waals surface area contributed by atoms with E-state index >= 15 is 0 Å². The van der Waals surface area contributed by atoms with Gasteiger partial charge in [0.15, 0.2) is 0 Å². The number of para-hydroxylation sites is 1. The maximum absolute atomic E-state index is 2.55. The van der Waals surface area contributed by atoms with Crippen LogP contribution in [0.15, 0.2) is 237 Å². The third-order valence-corrected chi connectivity index (χ3v) is 14.7. The Morgan fingerprint density at radius 2 is 0.697 bits per heavy atom. The van der Waals surface area contributed by atoms with Crippen LogP contribution in [0.2, 0.25) is 0 Å². The fourth-order valence-corrected chi connectivity index (χ4v) is 11.6. The van der Waals surface area contributed by atoms with Crippen molar-refractivity contribution in [1.29, 1.82) is 0 Å². The molecule has 0 atom stereocenters. The van der Waals surface area contributed by atoms with Crippen LogP contribution >= 0.6 is 0 Å². The van der Waals surface area contributed by atoms with Gasteiger partial charge in [-0.3, -0.25) is 0 Å². The Morgan fingerprint density at radius 1 is 0.273 bits per heavy atom. The summed E-state index contributed by atoms with van der Waals surface area (Å²) in [5.74, 6) is 0. The molecular formula is C65H47N. The molecular weight excluding hydrogens is 795 g/mol. The van der Waals surface area contributed by atoms with Crippen LogP contribution in [0.25, 0.3) is 66.8 Å². The molecule has 0 aromatic heterocycles. The van der Waals surface area contributed by atoms with Gasteiger partial charge in [0, 0.05) is 16.9 Å². The number of aryl methyl sites for hydroxylation is 2. The Bertz CT molecular complexity index is 3390. The average molecular weight is 842 g/mol. The van der Waals surface area contributed by atoms with Gasteiger partial charge in [-0.2, -0.15) is 0 Å². The molecule has 0 heterocycles. The molecule has 1 heteroatoms. The van der Waals surface area contributed by atoms with Gasteiger partial charge in [0.25, 0.3) is 0 Å². The molecule has 10 aromatic carbocycles. The molecule has 0 fully saturated rings. The molecule has 0 unspecified atom stereocenters. The van der Waals surface area contributed by atoms with Crippen LogP contribution in [0, 0.1) is 0 Å².